The number of hydrogen-bond acceptors (Lipinski definition) is 3. The highest BCUT2D eigenvalue weighted by Crippen LogP contribution is 2.25. The monoisotopic (exact) mass is 360 g/mol. The second-order valence-electron chi connectivity index (χ2n) is 5.17. The van der Waals surface area contributed by atoms with Crippen molar-refractivity contribution in [1.29, 1.82) is 0 Å². The van der Waals surface area contributed by atoms with E-state index in [4.69, 9.17) is 27.9 Å². The molecule has 24 heavy (non-hydrogen) atoms. The largest absolute Gasteiger partial charge is 0.473 e. The molecule has 122 valence electrons. The van der Waals surface area contributed by atoms with Gasteiger partial charge < -0.3 is 4.74 Å². The second kappa shape index (κ2) is 7.51. The van der Waals surface area contributed by atoms with Gasteiger partial charge in [-0.05, 0) is 17.7 Å². The van der Waals surface area contributed by atoms with Crippen molar-refractivity contribution in [1.82, 2.24) is 9.55 Å². The van der Waals surface area contributed by atoms with E-state index in [1.165, 1.54) is 17.0 Å². The van der Waals surface area contributed by atoms with Crippen molar-refractivity contribution in [2.24, 2.45) is 0 Å². The van der Waals surface area contributed by atoms with Crippen LogP contribution in [-0.4, -0.2) is 9.55 Å². The van der Waals surface area contributed by atoms with Gasteiger partial charge in [-0.3, -0.25) is 9.36 Å². The van der Waals surface area contributed by atoms with Gasteiger partial charge in [0.25, 0.3) is 5.56 Å². The molecule has 0 aliphatic rings. The highest BCUT2D eigenvalue weighted by atomic mass is 35.5. The molecule has 0 saturated carbocycles. The maximum absolute atomic E-state index is 12.2. The van der Waals surface area contributed by atoms with Gasteiger partial charge in [-0.1, -0.05) is 59.6 Å². The van der Waals surface area contributed by atoms with Crippen molar-refractivity contribution in [3.63, 3.8) is 0 Å². The van der Waals surface area contributed by atoms with Crippen LogP contribution in [0.25, 0.3) is 0 Å². The van der Waals surface area contributed by atoms with Crippen LogP contribution in [0.15, 0.2) is 65.7 Å². The lowest BCUT2D eigenvalue weighted by molar-refractivity contribution is 0.292. The number of rotatable bonds is 5. The third-order valence-corrected chi connectivity index (χ3v) is 4.18. The number of hydrogen-bond donors (Lipinski definition) is 0. The first-order valence-electron chi connectivity index (χ1n) is 7.29. The van der Waals surface area contributed by atoms with Crippen molar-refractivity contribution in [3.05, 3.63) is 92.5 Å². The fourth-order valence-electron chi connectivity index (χ4n) is 2.20. The Labute approximate surface area is 149 Å². The Hall–Kier alpha value is -2.30. The first kappa shape index (κ1) is 16.6. The Balaban J connectivity index is 1.72. The van der Waals surface area contributed by atoms with Gasteiger partial charge in [-0.15, -0.1) is 0 Å². The Kier molecular flexibility index (Phi) is 5.18. The highest BCUT2D eigenvalue weighted by molar-refractivity contribution is 6.35. The summed E-state index contributed by atoms with van der Waals surface area (Å²) in [5.74, 6) is 0.236. The summed E-state index contributed by atoms with van der Waals surface area (Å²) in [6.07, 6.45) is 1.47. The zero-order chi connectivity index (χ0) is 16.9. The van der Waals surface area contributed by atoms with Crippen molar-refractivity contribution in [3.8, 4) is 5.88 Å². The Bertz CT molecular complexity index is 875. The van der Waals surface area contributed by atoms with Crippen LogP contribution in [0, 0.1) is 0 Å². The predicted octanol–water partition coefficient (Wildman–Crippen LogP) is 4.18. The van der Waals surface area contributed by atoms with Crippen LogP contribution in [0.3, 0.4) is 0 Å². The molecule has 6 heteroatoms. The van der Waals surface area contributed by atoms with E-state index < -0.39 is 0 Å². The fraction of sp³-hybridized carbons (Fsp3) is 0.111. The SMILES string of the molecule is O=c1cc(OCc2c(Cl)cccc2Cl)ncn1Cc1ccccc1. The molecule has 0 amide bonds. The van der Waals surface area contributed by atoms with Crippen molar-refractivity contribution in [2.75, 3.05) is 0 Å². The van der Waals surface area contributed by atoms with Gasteiger partial charge in [0.05, 0.1) is 12.6 Å². The number of benzene rings is 2. The summed E-state index contributed by atoms with van der Waals surface area (Å²) < 4.78 is 7.06. The van der Waals surface area contributed by atoms with Crippen molar-refractivity contribution < 1.29 is 4.74 Å². The standard InChI is InChI=1S/C18H14Cl2N2O2/c19-15-7-4-8-16(20)14(15)11-24-17-9-18(23)22(12-21-17)10-13-5-2-1-3-6-13/h1-9,12H,10-11H2. The highest BCUT2D eigenvalue weighted by Gasteiger charge is 2.08. The summed E-state index contributed by atoms with van der Waals surface area (Å²) in [4.78, 5) is 16.3. The molecule has 0 aliphatic carbocycles. The summed E-state index contributed by atoms with van der Waals surface area (Å²) in [7, 11) is 0. The summed E-state index contributed by atoms with van der Waals surface area (Å²) in [5.41, 5.74) is 1.50. The lowest BCUT2D eigenvalue weighted by Gasteiger charge is -2.10. The van der Waals surface area contributed by atoms with E-state index in [-0.39, 0.29) is 18.0 Å². The summed E-state index contributed by atoms with van der Waals surface area (Å²) in [6.45, 7) is 0.608. The predicted molar refractivity (Wildman–Crippen MR) is 94.8 cm³/mol. The summed E-state index contributed by atoms with van der Waals surface area (Å²) in [5, 5.41) is 1.03. The molecule has 0 N–H and O–H groups in total. The number of nitrogens with zero attached hydrogens (tertiary/aromatic N) is 2. The second-order valence-corrected chi connectivity index (χ2v) is 5.98. The molecule has 0 fully saturated rings. The number of halogens is 2. The van der Waals surface area contributed by atoms with Crippen LogP contribution in [0.4, 0.5) is 0 Å². The van der Waals surface area contributed by atoms with Crippen LogP contribution in [0.1, 0.15) is 11.1 Å². The van der Waals surface area contributed by atoms with E-state index >= 15 is 0 Å². The zero-order valence-corrected chi connectivity index (χ0v) is 14.2. The average Bonchev–Trinajstić information content (AvgIpc) is 2.58. The van der Waals surface area contributed by atoms with E-state index in [0.717, 1.165) is 5.56 Å². The van der Waals surface area contributed by atoms with Crippen LogP contribution in [0.2, 0.25) is 10.0 Å². The molecule has 0 atom stereocenters. The third-order valence-electron chi connectivity index (χ3n) is 3.48. The molecule has 0 saturated heterocycles. The molecule has 0 unspecified atom stereocenters. The Morgan fingerprint density at radius 1 is 1.00 bits per heavy atom. The minimum Gasteiger partial charge on any atom is -0.473 e. The molecule has 1 aromatic heterocycles. The molecule has 4 nitrogen and oxygen atoms in total. The maximum Gasteiger partial charge on any atom is 0.257 e. The molecule has 2 aromatic carbocycles. The minimum absolute atomic E-state index is 0.146. The molecule has 3 aromatic rings. The van der Waals surface area contributed by atoms with E-state index in [2.05, 4.69) is 4.98 Å². The van der Waals surface area contributed by atoms with Gasteiger partial charge in [0.2, 0.25) is 5.88 Å². The first-order valence-corrected chi connectivity index (χ1v) is 8.05. The minimum atomic E-state index is -0.186. The lowest BCUT2D eigenvalue weighted by atomic mass is 10.2. The Morgan fingerprint density at radius 3 is 2.38 bits per heavy atom. The lowest BCUT2D eigenvalue weighted by Crippen LogP contribution is -2.20. The van der Waals surface area contributed by atoms with E-state index in [9.17, 15) is 4.79 Å². The quantitative estimate of drug-likeness (QED) is 0.685. The number of aromatic nitrogens is 2. The normalized spacial score (nSPS) is 10.6. The van der Waals surface area contributed by atoms with E-state index in [1.807, 2.05) is 30.3 Å². The van der Waals surface area contributed by atoms with Crippen molar-refractivity contribution in [2.45, 2.75) is 13.2 Å². The van der Waals surface area contributed by atoms with Crippen LogP contribution >= 0.6 is 23.2 Å². The topological polar surface area (TPSA) is 44.1 Å². The van der Waals surface area contributed by atoms with Crippen LogP contribution < -0.4 is 10.3 Å². The third kappa shape index (κ3) is 3.96. The number of ether oxygens (including phenoxy) is 1. The van der Waals surface area contributed by atoms with Gasteiger partial charge in [0.1, 0.15) is 12.9 Å². The van der Waals surface area contributed by atoms with Crippen LogP contribution in [-0.2, 0) is 13.2 Å². The van der Waals surface area contributed by atoms with E-state index in [1.54, 1.807) is 18.2 Å². The molecule has 1 heterocycles. The van der Waals surface area contributed by atoms with Gasteiger partial charge in [0, 0.05) is 15.6 Å². The molecular weight excluding hydrogens is 347 g/mol. The molecule has 0 aliphatic heterocycles. The Morgan fingerprint density at radius 2 is 1.71 bits per heavy atom. The summed E-state index contributed by atoms with van der Waals surface area (Å²) >= 11 is 12.2. The zero-order valence-electron chi connectivity index (χ0n) is 12.7. The van der Waals surface area contributed by atoms with Gasteiger partial charge >= 0.3 is 0 Å². The smallest absolute Gasteiger partial charge is 0.257 e. The van der Waals surface area contributed by atoms with Crippen LogP contribution in [0.5, 0.6) is 5.88 Å². The first-order chi connectivity index (χ1) is 11.6. The van der Waals surface area contributed by atoms with Gasteiger partial charge in [0.15, 0.2) is 0 Å². The van der Waals surface area contributed by atoms with Crippen molar-refractivity contribution >= 4 is 23.2 Å². The maximum atomic E-state index is 12.2. The molecule has 0 spiro atoms. The molecule has 0 radical (unpaired) electrons. The van der Waals surface area contributed by atoms with Gasteiger partial charge in [-0.2, -0.15) is 0 Å². The molecule has 0 bridgehead atoms. The van der Waals surface area contributed by atoms with E-state index in [0.29, 0.717) is 22.2 Å². The molecular formula is C18H14Cl2N2O2. The van der Waals surface area contributed by atoms with Gasteiger partial charge in [-0.25, -0.2) is 4.98 Å². The fourth-order valence-corrected chi connectivity index (χ4v) is 2.71. The average molecular weight is 361 g/mol. The summed E-state index contributed by atoms with van der Waals surface area (Å²) in [6, 6.07) is 16.3. The molecule has 3 rings (SSSR count).